The van der Waals surface area contributed by atoms with Gasteiger partial charge in [-0.3, -0.25) is 0 Å². The van der Waals surface area contributed by atoms with Crippen LogP contribution in [0.3, 0.4) is 0 Å². The van der Waals surface area contributed by atoms with Gasteiger partial charge in [-0.25, -0.2) is 0 Å². The zero-order valence-corrected chi connectivity index (χ0v) is 11.6. The number of hydrogen-bond donors (Lipinski definition) is 1. The third kappa shape index (κ3) is 2.38. The molecule has 0 bridgehead atoms. The lowest BCUT2D eigenvalue weighted by Crippen LogP contribution is -2.30. The van der Waals surface area contributed by atoms with Crippen LogP contribution in [0.25, 0.3) is 0 Å². The maximum Gasteiger partial charge on any atom is 0.118 e. The van der Waals surface area contributed by atoms with Crippen LogP contribution < -0.4 is 10.5 Å². The predicted octanol–water partition coefficient (Wildman–Crippen LogP) is 2.75. The molecule has 0 amide bonds. The van der Waals surface area contributed by atoms with Crippen LogP contribution in [0, 0.1) is 11.8 Å². The predicted molar refractivity (Wildman–Crippen MR) is 72.6 cm³/mol. The number of methoxy groups -OCH3 is 1. The van der Waals surface area contributed by atoms with Crippen molar-refractivity contribution in [2.75, 3.05) is 7.11 Å². The molecule has 5 atom stereocenters. The minimum atomic E-state index is 0.0193. The van der Waals surface area contributed by atoms with Crippen LogP contribution in [0.1, 0.15) is 32.4 Å². The Bertz CT molecular complexity index is 390. The van der Waals surface area contributed by atoms with Crippen molar-refractivity contribution < 1.29 is 9.47 Å². The highest BCUT2D eigenvalue weighted by atomic mass is 16.5. The quantitative estimate of drug-likeness (QED) is 0.896. The first-order valence-electron chi connectivity index (χ1n) is 6.59. The summed E-state index contributed by atoms with van der Waals surface area (Å²) in [4.78, 5) is 0. The van der Waals surface area contributed by atoms with Gasteiger partial charge in [0.2, 0.25) is 0 Å². The van der Waals surface area contributed by atoms with Crippen molar-refractivity contribution >= 4 is 0 Å². The van der Waals surface area contributed by atoms with Crippen molar-refractivity contribution in [1.29, 1.82) is 0 Å². The van der Waals surface area contributed by atoms with Gasteiger partial charge in [-0.2, -0.15) is 0 Å². The molecule has 0 spiro atoms. The van der Waals surface area contributed by atoms with Crippen LogP contribution in [0.5, 0.6) is 5.75 Å². The Morgan fingerprint density at radius 1 is 1.11 bits per heavy atom. The molecular formula is C15H23NO2. The van der Waals surface area contributed by atoms with Crippen LogP contribution in [0.15, 0.2) is 24.3 Å². The second-order valence-corrected chi connectivity index (χ2v) is 5.28. The Morgan fingerprint density at radius 3 is 2.17 bits per heavy atom. The first-order chi connectivity index (χ1) is 8.54. The molecule has 0 radical (unpaired) electrons. The average Bonchev–Trinajstić information content (AvgIpc) is 2.63. The molecule has 2 N–H and O–H groups in total. The first-order valence-corrected chi connectivity index (χ1v) is 6.59. The number of hydrogen-bond acceptors (Lipinski definition) is 3. The monoisotopic (exact) mass is 249 g/mol. The lowest BCUT2D eigenvalue weighted by Gasteiger charge is -2.26. The molecule has 3 nitrogen and oxygen atoms in total. The Balaban J connectivity index is 2.17. The Kier molecular flexibility index (Phi) is 3.93. The molecule has 1 heterocycles. The fraction of sp³-hybridized carbons (Fsp3) is 0.600. The van der Waals surface area contributed by atoms with Gasteiger partial charge >= 0.3 is 0 Å². The molecule has 1 aliphatic rings. The molecular weight excluding hydrogens is 226 g/mol. The van der Waals surface area contributed by atoms with Crippen molar-refractivity contribution in [2.24, 2.45) is 17.6 Å². The molecule has 18 heavy (non-hydrogen) atoms. The number of rotatable bonds is 3. The Morgan fingerprint density at radius 2 is 1.72 bits per heavy atom. The van der Waals surface area contributed by atoms with E-state index in [1.165, 1.54) is 0 Å². The van der Waals surface area contributed by atoms with E-state index in [2.05, 4.69) is 20.8 Å². The SMILES string of the molecule is COc1ccc(C(N)C2C(C)OC(C)C2C)cc1. The summed E-state index contributed by atoms with van der Waals surface area (Å²) in [6, 6.07) is 8.04. The molecule has 1 aromatic carbocycles. The van der Waals surface area contributed by atoms with E-state index in [-0.39, 0.29) is 18.2 Å². The lowest BCUT2D eigenvalue weighted by atomic mass is 9.81. The third-order valence-electron chi connectivity index (χ3n) is 4.23. The van der Waals surface area contributed by atoms with Gasteiger partial charge < -0.3 is 15.2 Å². The van der Waals surface area contributed by atoms with Gasteiger partial charge in [0.25, 0.3) is 0 Å². The van der Waals surface area contributed by atoms with Gasteiger partial charge in [0, 0.05) is 12.0 Å². The van der Waals surface area contributed by atoms with Crippen molar-refractivity contribution in [1.82, 2.24) is 0 Å². The number of ether oxygens (including phenoxy) is 2. The van der Waals surface area contributed by atoms with Gasteiger partial charge in [-0.05, 0) is 37.5 Å². The summed E-state index contributed by atoms with van der Waals surface area (Å²) in [6.45, 7) is 6.47. The minimum absolute atomic E-state index is 0.0193. The van der Waals surface area contributed by atoms with Crippen molar-refractivity contribution in [2.45, 2.75) is 39.0 Å². The standard InChI is InChI=1S/C15H23NO2/c1-9-10(2)18-11(3)14(9)15(16)12-5-7-13(17-4)8-6-12/h5-11,14-15H,16H2,1-4H3. The molecule has 2 rings (SSSR count). The van der Waals surface area contributed by atoms with E-state index in [1.807, 2.05) is 24.3 Å². The summed E-state index contributed by atoms with van der Waals surface area (Å²) in [5.74, 6) is 1.72. The third-order valence-corrected chi connectivity index (χ3v) is 4.23. The van der Waals surface area contributed by atoms with E-state index < -0.39 is 0 Å². The smallest absolute Gasteiger partial charge is 0.118 e. The van der Waals surface area contributed by atoms with Crippen LogP contribution in [0.2, 0.25) is 0 Å². The zero-order valence-electron chi connectivity index (χ0n) is 11.6. The minimum Gasteiger partial charge on any atom is -0.497 e. The van der Waals surface area contributed by atoms with Gasteiger partial charge in [-0.1, -0.05) is 19.1 Å². The zero-order chi connectivity index (χ0) is 13.3. The molecule has 3 heteroatoms. The molecule has 1 fully saturated rings. The summed E-state index contributed by atoms with van der Waals surface area (Å²) in [5, 5.41) is 0. The van der Waals surface area contributed by atoms with Crippen molar-refractivity contribution in [3.8, 4) is 5.75 Å². The molecule has 100 valence electrons. The Labute approximate surface area is 109 Å². The molecule has 1 aromatic rings. The van der Waals surface area contributed by atoms with E-state index in [0.717, 1.165) is 11.3 Å². The molecule has 0 aromatic heterocycles. The van der Waals surface area contributed by atoms with Gasteiger partial charge in [0.05, 0.1) is 19.3 Å². The van der Waals surface area contributed by atoms with Crippen LogP contribution >= 0.6 is 0 Å². The second-order valence-electron chi connectivity index (χ2n) is 5.28. The Hall–Kier alpha value is -1.06. The van der Waals surface area contributed by atoms with Gasteiger partial charge in [0.1, 0.15) is 5.75 Å². The molecule has 1 saturated heterocycles. The summed E-state index contributed by atoms with van der Waals surface area (Å²) in [5.41, 5.74) is 7.56. The van der Waals surface area contributed by atoms with Gasteiger partial charge in [-0.15, -0.1) is 0 Å². The number of benzene rings is 1. The largest absolute Gasteiger partial charge is 0.497 e. The highest BCUT2D eigenvalue weighted by Crippen LogP contribution is 2.39. The topological polar surface area (TPSA) is 44.5 Å². The van der Waals surface area contributed by atoms with E-state index >= 15 is 0 Å². The fourth-order valence-corrected chi connectivity index (χ4v) is 2.96. The van der Waals surface area contributed by atoms with Crippen LogP contribution in [0.4, 0.5) is 0 Å². The second kappa shape index (κ2) is 5.29. The van der Waals surface area contributed by atoms with E-state index in [1.54, 1.807) is 7.11 Å². The van der Waals surface area contributed by atoms with Crippen molar-refractivity contribution in [3.05, 3.63) is 29.8 Å². The normalized spacial score (nSPS) is 33.4. The summed E-state index contributed by atoms with van der Waals surface area (Å²) >= 11 is 0. The van der Waals surface area contributed by atoms with Crippen LogP contribution in [-0.4, -0.2) is 19.3 Å². The fourth-order valence-electron chi connectivity index (χ4n) is 2.96. The molecule has 0 saturated carbocycles. The van der Waals surface area contributed by atoms with E-state index in [4.69, 9.17) is 15.2 Å². The first kappa shape index (κ1) is 13.4. The van der Waals surface area contributed by atoms with E-state index in [0.29, 0.717) is 11.8 Å². The highest BCUT2D eigenvalue weighted by Gasteiger charge is 2.40. The molecule has 0 aliphatic carbocycles. The molecule has 1 aliphatic heterocycles. The number of nitrogens with two attached hydrogens (primary N) is 1. The summed E-state index contributed by atoms with van der Waals surface area (Å²) < 4.78 is 11.0. The van der Waals surface area contributed by atoms with E-state index in [9.17, 15) is 0 Å². The summed E-state index contributed by atoms with van der Waals surface area (Å²) in [7, 11) is 1.67. The maximum absolute atomic E-state index is 6.41. The van der Waals surface area contributed by atoms with Gasteiger partial charge in [0.15, 0.2) is 0 Å². The maximum atomic E-state index is 6.41. The highest BCUT2D eigenvalue weighted by molar-refractivity contribution is 5.29. The molecule has 5 unspecified atom stereocenters. The van der Waals surface area contributed by atoms with Crippen molar-refractivity contribution in [3.63, 3.8) is 0 Å². The summed E-state index contributed by atoms with van der Waals surface area (Å²) in [6.07, 6.45) is 0.501. The average molecular weight is 249 g/mol. The lowest BCUT2D eigenvalue weighted by molar-refractivity contribution is 0.0489. The van der Waals surface area contributed by atoms with Crippen LogP contribution in [-0.2, 0) is 4.74 Å².